The molecule has 1 aliphatic carbocycles. The van der Waals surface area contributed by atoms with E-state index < -0.39 is 0 Å². The van der Waals surface area contributed by atoms with Crippen molar-refractivity contribution in [3.8, 4) is 0 Å². The molecule has 4 heteroatoms. The van der Waals surface area contributed by atoms with Gasteiger partial charge in [-0.1, -0.05) is 23.8 Å². The van der Waals surface area contributed by atoms with Gasteiger partial charge >= 0.3 is 0 Å². The van der Waals surface area contributed by atoms with Crippen molar-refractivity contribution in [2.45, 2.75) is 0 Å². The first-order valence-electron chi connectivity index (χ1n) is 5.35. The standard InChI is InChI=1S/C15H8N.2ClH.Zr/c1-2-6-11-10(5-1)9-13-12-7-3-4-8-14(12)16-15(11)13;;;/h1-4,6-9H;2*1H;/q-1;;;. The molecule has 0 saturated carbocycles. The van der Waals surface area contributed by atoms with Gasteiger partial charge in [0.15, 0.2) is 0 Å². The van der Waals surface area contributed by atoms with Gasteiger partial charge in [0.05, 0.1) is 5.69 Å². The van der Waals surface area contributed by atoms with Gasteiger partial charge in [0, 0.05) is 31.9 Å². The van der Waals surface area contributed by atoms with Crippen molar-refractivity contribution >= 4 is 47.9 Å². The molecule has 0 atom stereocenters. The molecule has 0 spiro atoms. The molecule has 2 aliphatic rings. The Morgan fingerprint density at radius 2 is 1.63 bits per heavy atom. The van der Waals surface area contributed by atoms with Gasteiger partial charge in [-0.2, -0.15) is 0 Å². The Morgan fingerprint density at radius 3 is 2.47 bits per heavy atom. The van der Waals surface area contributed by atoms with E-state index in [-0.39, 0.29) is 51.0 Å². The van der Waals surface area contributed by atoms with Gasteiger partial charge in [-0.25, -0.2) is 0 Å². The van der Waals surface area contributed by atoms with E-state index >= 15 is 0 Å². The summed E-state index contributed by atoms with van der Waals surface area (Å²) in [5.41, 5.74) is 7.03. The molecule has 1 aliphatic heterocycles. The number of allylic oxidation sites excluding steroid dienone is 1. The van der Waals surface area contributed by atoms with Crippen LogP contribution >= 0.6 is 24.8 Å². The second kappa shape index (κ2) is 6.18. The molecule has 0 aromatic heterocycles. The van der Waals surface area contributed by atoms with E-state index in [1.807, 2.05) is 18.2 Å². The Kier molecular flexibility index (Phi) is 5.32. The molecule has 0 unspecified atom stereocenters. The van der Waals surface area contributed by atoms with Crippen LogP contribution in [-0.4, -0.2) is 5.71 Å². The van der Waals surface area contributed by atoms with E-state index in [0.717, 1.165) is 17.0 Å². The monoisotopic (exact) mass is 364 g/mol. The quantitative estimate of drug-likeness (QED) is 0.616. The fourth-order valence-electron chi connectivity index (χ4n) is 2.38. The van der Waals surface area contributed by atoms with Crippen LogP contribution in [0.4, 0.5) is 5.69 Å². The predicted octanol–water partition coefficient (Wildman–Crippen LogP) is 4.32. The topological polar surface area (TPSA) is 12.4 Å². The van der Waals surface area contributed by atoms with Crippen LogP contribution in [0.2, 0.25) is 0 Å². The molecule has 0 N–H and O–H groups in total. The summed E-state index contributed by atoms with van der Waals surface area (Å²) in [7, 11) is 0. The second-order valence-electron chi connectivity index (χ2n) is 4.03. The molecular formula is C15H10Cl2NZr-. The van der Waals surface area contributed by atoms with Crippen LogP contribution in [0.5, 0.6) is 0 Å². The van der Waals surface area contributed by atoms with E-state index in [0.29, 0.717) is 0 Å². The zero-order chi connectivity index (χ0) is 10.5. The molecule has 0 fully saturated rings. The zero-order valence-electron chi connectivity index (χ0n) is 9.88. The van der Waals surface area contributed by atoms with Gasteiger partial charge < -0.3 is 0 Å². The molecule has 0 bridgehead atoms. The average Bonchev–Trinajstić information content (AvgIpc) is 2.85. The molecule has 4 rings (SSSR count). The van der Waals surface area contributed by atoms with Gasteiger partial charge in [0.1, 0.15) is 0 Å². The summed E-state index contributed by atoms with van der Waals surface area (Å²) in [6, 6.07) is 17.6. The Balaban J connectivity index is 0.000000602. The minimum atomic E-state index is 0. The first-order valence-corrected chi connectivity index (χ1v) is 5.35. The largest absolute Gasteiger partial charge is 0.258 e. The van der Waals surface area contributed by atoms with E-state index in [9.17, 15) is 0 Å². The van der Waals surface area contributed by atoms with Gasteiger partial charge in [0.2, 0.25) is 0 Å². The number of hydrogen-bond donors (Lipinski definition) is 0. The number of rotatable bonds is 0. The molecule has 2 aromatic carbocycles. The molecular weight excluding hydrogens is 356 g/mol. The van der Waals surface area contributed by atoms with Gasteiger partial charge in [-0.15, -0.1) is 60.7 Å². The van der Waals surface area contributed by atoms with Crippen LogP contribution in [0.1, 0.15) is 16.7 Å². The SMILES string of the molecule is Cl.Cl.[Zr].[c-]1cccc2c1C=C1C2=Nc2ccccc21. The number of halogens is 2. The third-order valence-corrected chi connectivity index (χ3v) is 3.11. The van der Waals surface area contributed by atoms with E-state index in [4.69, 9.17) is 0 Å². The summed E-state index contributed by atoms with van der Waals surface area (Å²) < 4.78 is 0. The van der Waals surface area contributed by atoms with E-state index in [1.54, 1.807) is 0 Å². The minimum absolute atomic E-state index is 0. The van der Waals surface area contributed by atoms with Crippen LogP contribution in [0.3, 0.4) is 0 Å². The van der Waals surface area contributed by atoms with Crippen molar-refractivity contribution in [2.24, 2.45) is 4.99 Å². The summed E-state index contributed by atoms with van der Waals surface area (Å²) in [5.74, 6) is 0. The van der Waals surface area contributed by atoms with Crippen LogP contribution in [0, 0.1) is 6.07 Å². The Bertz CT molecular complexity index is 618. The second-order valence-corrected chi connectivity index (χ2v) is 4.03. The number of hydrogen-bond acceptors (Lipinski definition) is 1. The Morgan fingerprint density at radius 1 is 0.895 bits per heavy atom. The number of para-hydroxylation sites is 1. The molecule has 19 heavy (non-hydrogen) atoms. The van der Waals surface area contributed by atoms with Gasteiger partial charge in [-0.05, 0) is 17.2 Å². The number of aliphatic imine (C=N–C) groups is 1. The van der Waals surface area contributed by atoms with E-state index in [1.165, 1.54) is 16.7 Å². The Labute approximate surface area is 143 Å². The molecule has 2 aromatic rings. The Hall–Kier alpha value is -0.687. The van der Waals surface area contributed by atoms with Crippen molar-refractivity contribution < 1.29 is 26.2 Å². The molecule has 0 amide bonds. The van der Waals surface area contributed by atoms with Crippen molar-refractivity contribution in [3.63, 3.8) is 0 Å². The first-order chi connectivity index (χ1) is 7.93. The molecule has 1 heterocycles. The maximum atomic E-state index is 4.68. The van der Waals surface area contributed by atoms with Crippen LogP contribution in [0.25, 0.3) is 11.6 Å². The molecule has 1 nitrogen and oxygen atoms in total. The summed E-state index contributed by atoms with van der Waals surface area (Å²) in [6.45, 7) is 0. The summed E-state index contributed by atoms with van der Waals surface area (Å²) in [6.07, 6.45) is 2.18. The van der Waals surface area contributed by atoms with Crippen molar-refractivity contribution in [2.75, 3.05) is 0 Å². The third kappa shape index (κ3) is 2.38. The number of fused-ring (bicyclic) bond motifs is 5. The fraction of sp³-hybridized carbons (Fsp3) is 0. The van der Waals surface area contributed by atoms with Crippen LogP contribution in [-0.2, 0) is 26.2 Å². The fourth-order valence-corrected chi connectivity index (χ4v) is 2.38. The smallest absolute Gasteiger partial charge is 0.0697 e. The van der Waals surface area contributed by atoms with Crippen molar-refractivity contribution in [1.29, 1.82) is 0 Å². The number of benzene rings is 2. The van der Waals surface area contributed by atoms with Crippen molar-refractivity contribution in [3.05, 3.63) is 65.2 Å². The maximum absolute atomic E-state index is 4.68. The van der Waals surface area contributed by atoms with Gasteiger partial charge in [0.25, 0.3) is 0 Å². The van der Waals surface area contributed by atoms with E-state index in [2.05, 4.69) is 41.4 Å². The number of nitrogens with zero attached hydrogens (tertiary/aromatic N) is 1. The summed E-state index contributed by atoms with van der Waals surface area (Å²) in [5, 5.41) is 0. The van der Waals surface area contributed by atoms with Crippen LogP contribution in [0.15, 0.2) is 47.5 Å². The van der Waals surface area contributed by atoms with Crippen LogP contribution < -0.4 is 0 Å². The first kappa shape index (κ1) is 16.4. The minimum Gasteiger partial charge on any atom is -0.258 e. The summed E-state index contributed by atoms with van der Waals surface area (Å²) >= 11 is 0. The molecule has 0 saturated heterocycles. The molecule has 0 radical (unpaired) electrons. The predicted molar refractivity (Wildman–Crippen MR) is 80.3 cm³/mol. The van der Waals surface area contributed by atoms with Gasteiger partial charge in [-0.3, -0.25) is 4.99 Å². The third-order valence-electron chi connectivity index (χ3n) is 3.11. The molecule has 94 valence electrons. The van der Waals surface area contributed by atoms with Crippen molar-refractivity contribution in [1.82, 2.24) is 0 Å². The normalized spacial score (nSPS) is 12.6. The maximum Gasteiger partial charge on any atom is 0.0697 e. The zero-order valence-corrected chi connectivity index (χ0v) is 14.0. The summed E-state index contributed by atoms with van der Waals surface area (Å²) in [4.78, 5) is 4.68. The average molecular weight is 366 g/mol.